The summed E-state index contributed by atoms with van der Waals surface area (Å²) in [6.07, 6.45) is 1.87. The minimum absolute atomic E-state index is 0.0147. The number of urea groups is 1. The lowest BCUT2D eigenvalue weighted by Gasteiger charge is -2.37. The molecule has 1 aromatic carbocycles. The highest BCUT2D eigenvalue weighted by Gasteiger charge is 2.37. The number of imidazole rings is 1. The number of nitrogens with zero attached hydrogens (tertiary/aromatic N) is 5. The van der Waals surface area contributed by atoms with Gasteiger partial charge >= 0.3 is 12.2 Å². The summed E-state index contributed by atoms with van der Waals surface area (Å²) in [4.78, 5) is 34.4. The number of alkyl halides is 4. The van der Waals surface area contributed by atoms with Gasteiger partial charge in [-0.05, 0) is 61.6 Å². The summed E-state index contributed by atoms with van der Waals surface area (Å²) in [6.45, 7) is 2.66. The van der Waals surface area contributed by atoms with E-state index < -0.39 is 17.4 Å². The van der Waals surface area contributed by atoms with Crippen molar-refractivity contribution in [2.75, 3.05) is 19.6 Å². The number of hydrogen-bond acceptors (Lipinski definition) is 3. The van der Waals surface area contributed by atoms with Crippen LogP contribution < -0.4 is 0 Å². The summed E-state index contributed by atoms with van der Waals surface area (Å²) in [5.41, 5.74) is 1.92. The number of carbonyl (C=O) groups is 2. The van der Waals surface area contributed by atoms with Gasteiger partial charge in [-0.2, -0.15) is 13.2 Å². The van der Waals surface area contributed by atoms with Gasteiger partial charge in [0.25, 0.3) is 0 Å². The zero-order valence-electron chi connectivity index (χ0n) is 23.0. The maximum Gasteiger partial charge on any atom is 0.416 e. The van der Waals surface area contributed by atoms with Crippen molar-refractivity contribution in [3.8, 4) is 0 Å². The third kappa shape index (κ3) is 4.37. The van der Waals surface area contributed by atoms with Gasteiger partial charge in [0, 0.05) is 68.1 Å². The van der Waals surface area contributed by atoms with Crippen molar-refractivity contribution in [2.24, 2.45) is 0 Å². The van der Waals surface area contributed by atoms with Crippen LogP contribution in [0, 0.1) is 0 Å². The molecule has 11 heteroatoms. The van der Waals surface area contributed by atoms with E-state index in [1.165, 1.54) is 6.92 Å². The number of ketones is 1. The lowest BCUT2D eigenvalue weighted by Crippen LogP contribution is -2.49. The van der Waals surface area contributed by atoms with Crippen LogP contribution in [0.25, 0.3) is 27.7 Å². The molecule has 0 unspecified atom stereocenters. The highest BCUT2D eigenvalue weighted by Crippen LogP contribution is 2.44. The molecule has 2 aliphatic heterocycles. The molecular formula is C31H29F4N5O2. The molecule has 3 aromatic heterocycles. The topological polar surface area (TPSA) is 62.9 Å². The maximum absolute atomic E-state index is 14.4. The molecular weight excluding hydrogens is 550 g/mol. The van der Waals surface area contributed by atoms with Gasteiger partial charge in [0.1, 0.15) is 11.3 Å². The van der Waals surface area contributed by atoms with Crippen molar-refractivity contribution in [1.29, 1.82) is 0 Å². The van der Waals surface area contributed by atoms with Crippen LogP contribution in [0.15, 0.2) is 48.9 Å². The largest absolute Gasteiger partial charge is 0.416 e. The molecule has 5 heterocycles. The Labute approximate surface area is 239 Å². The molecule has 1 saturated heterocycles. The Balaban J connectivity index is 1.35. The van der Waals surface area contributed by atoms with Gasteiger partial charge in [0.15, 0.2) is 5.78 Å². The Morgan fingerprint density at radius 1 is 1.02 bits per heavy atom. The second-order valence-electron chi connectivity index (χ2n) is 11.7. The van der Waals surface area contributed by atoms with E-state index >= 15 is 0 Å². The second kappa shape index (κ2) is 9.43. The summed E-state index contributed by atoms with van der Waals surface area (Å²) in [5.74, 6) is -0.118. The van der Waals surface area contributed by atoms with E-state index in [1.807, 2.05) is 33.4 Å². The fourth-order valence-corrected chi connectivity index (χ4v) is 6.61. The number of rotatable bonds is 2. The zero-order valence-corrected chi connectivity index (χ0v) is 23.0. The van der Waals surface area contributed by atoms with Crippen LogP contribution in [0.4, 0.5) is 22.4 Å². The molecule has 42 heavy (non-hydrogen) atoms. The lowest BCUT2D eigenvalue weighted by molar-refractivity contribution is -0.137. The quantitative estimate of drug-likeness (QED) is 0.261. The Morgan fingerprint density at radius 2 is 1.81 bits per heavy atom. The van der Waals surface area contributed by atoms with Crippen LogP contribution in [0.1, 0.15) is 55.0 Å². The number of benzene rings is 1. The summed E-state index contributed by atoms with van der Waals surface area (Å²) < 4.78 is 60.8. The minimum Gasteiger partial charge on any atom is -0.345 e. The molecule has 3 aliphatic rings. The van der Waals surface area contributed by atoms with Crippen molar-refractivity contribution in [3.63, 3.8) is 0 Å². The number of carbonyl (C=O) groups excluding carboxylic acids is 2. The Morgan fingerprint density at radius 3 is 2.57 bits per heavy atom. The predicted octanol–water partition coefficient (Wildman–Crippen LogP) is 6.34. The molecule has 1 fully saturated rings. The Hall–Kier alpha value is -4.15. The number of fused-ring (bicyclic) bond motifs is 1. The summed E-state index contributed by atoms with van der Waals surface area (Å²) >= 11 is 0. The van der Waals surface area contributed by atoms with E-state index in [2.05, 4.69) is 4.98 Å². The number of likely N-dealkylation sites (tertiary alicyclic amines) is 1. The normalized spacial score (nSPS) is 19.3. The van der Waals surface area contributed by atoms with Crippen molar-refractivity contribution in [2.45, 2.75) is 57.5 Å². The van der Waals surface area contributed by atoms with Crippen molar-refractivity contribution in [3.05, 3.63) is 71.3 Å². The van der Waals surface area contributed by atoms with Crippen LogP contribution in [-0.4, -0.2) is 60.9 Å². The lowest BCUT2D eigenvalue weighted by atomic mass is 9.96. The molecule has 0 saturated carbocycles. The fourth-order valence-electron chi connectivity index (χ4n) is 6.61. The van der Waals surface area contributed by atoms with Crippen LogP contribution in [0.5, 0.6) is 0 Å². The smallest absolute Gasteiger partial charge is 0.345 e. The number of hydrogen-bond donors (Lipinski definition) is 0. The summed E-state index contributed by atoms with van der Waals surface area (Å²) in [5, 5.41) is 0.344. The minimum atomic E-state index is -4.62. The molecule has 0 spiro atoms. The first-order valence-corrected chi connectivity index (χ1v) is 14.2. The number of halogens is 4. The molecule has 0 radical (unpaired) electrons. The van der Waals surface area contributed by atoms with Gasteiger partial charge in [-0.15, -0.1) is 0 Å². The van der Waals surface area contributed by atoms with Crippen molar-refractivity contribution in [1.82, 2.24) is 23.8 Å². The molecule has 218 valence electrons. The van der Waals surface area contributed by atoms with Gasteiger partial charge in [-0.1, -0.05) is 6.07 Å². The number of pyridine rings is 1. The summed E-state index contributed by atoms with van der Waals surface area (Å²) in [6, 6.07) is 7.52. The number of piperidine rings is 1. The van der Waals surface area contributed by atoms with Gasteiger partial charge < -0.3 is 14.4 Å². The van der Waals surface area contributed by atoms with Crippen molar-refractivity contribution >= 4 is 39.5 Å². The second-order valence-corrected chi connectivity index (χ2v) is 11.7. The molecule has 0 bridgehead atoms. The van der Waals surface area contributed by atoms with E-state index in [0.29, 0.717) is 46.2 Å². The third-order valence-electron chi connectivity index (χ3n) is 8.88. The van der Waals surface area contributed by atoms with Crippen LogP contribution in [0.3, 0.4) is 0 Å². The predicted molar refractivity (Wildman–Crippen MR) is 149 cm³/mol. The molecule has 1 aliphatic carbocycles. The van der Waals surface area contributed by atoms with Gasteiger partial charge in [-0.25, -0.2) is 14.2 Å². The first-order valence-electron chi connectivity index (χ1n) is 14.2. The SMILES string of the molecule is CC1(F)CCN(C(=O)N2CCn3cc(C4=C(c5cnc6ccccn56)CCC4=O)c4cc(C(F)(F)F)cc(c43)C2)CC1. The number of aromatic nitrogens is 3. The highest BCUT2D eigenvalue weighted by atomic mass is 19.4. The van der Waals surface area contributed by atoms with Gasteiger partial charge in [0.2, 0.25) is 0 Å². The van der Waals surface area contributed by atoms with Crippen LogP contribution in [0.2, 0.25) is 0 Å². The monoisotopic (exact) mass is 579 g/mol. The molecule has 0 atom stereocenters. The first kappa shape index (κ1) is 26.7. The first-order chi connectivity index (χ1) is 20.0. The maximum atomic E-state index is 14.4. The Kier molecular flexibility index (Phi) is 6.00. The molecule has 4 aromatic rings. The molecule has 7 rings (SSSR count). The van der Waals surface area contributed by atoms with E-state index in [-0.39, 0.29) is 57.3 Å². The van der Waals surface area contributed by atoms with Gasteiger partial charge in [0.05, 0.1) is 23.0 Å². The molecule has 0 N–H and O–H groups in total. The van der Waals surface area contributed by atoms with Crippen molar-refractivity contribution < 1.29 is 27.2 Å². The number of Topliss-reactive ketones (excluding diaryl/α,β-unsaturated/α-hetero) is 1. The standard InChI is InChI=1S/C31H29F4N5O2/c1-30(32)7-10-37(11-8-30)29(42)39-13-12-38-18-23(22-15-20(31(33,34)35)14-19(17-39)28(22)38)27-21(5-6-25(27)41)24-16-36-26-4-2-3-9-40(24)26/h2-4,9,14-16,18H,5-8,10-13,17H2,1H3. The van der Waals surface area contributed by atoms with Crippen LogP contribution >= 0.6 is 0 Å². The average Bonchev–Trinajstić information content (AvgIpc) is 3.60. The Bertz CT molecular complexity index is 1790. The van der Waals surface area contributed by atoms with E-state index in [9.17, 15) is 27.2 Å². The zero-order chi connectivity index (χ0) is 29.4. The van der Waals surface area contributed by atoms with Crippen LogP contribution in [-0.2, 0) is 24.1 Å². The van der Waals surface area contributed by atoms with E-state index in [0.717, 1.165) is 23.4 Å². The number of amides is 2. The van der Waals surface area contributed by atoms with Gasteiger partial charge in [-0.3, -0.25) is 9.20 Å². The van der Waals surface area contributed by atoms with E-state index in [4.69, 9.17) is 0 Å². The van der Waals surface area contributed by atoms with E-state index in [1.54, 1.807) is 22.2 Å². The highest BCUT2D eigenvalue weighted by molar-refractivity contribution is 6.33. The molecule has 7 nitrogen and oxygen atoms in total. The summed E-state index contributed by atoms with van der Waals surface area (Å²) in [7, 11) is 0. The molecule has 2 amide bonds. The third-order valence-corrected chi connectivity index (χ3v) is 8.88. The fraction of sp³-hybridized carbons (Fsp3) is 0.387. The number of allylic oxidation sites excluding steroid dienone is 2. The average molecular weight is 580 g/mol.